The summed E-state index contributed by atoms with van der Waals surface area (Å²) in [5.41, 5.74) is 6.17. The van der Waals surface area contributed by atoms with Gasteiger partial charge in [0.05, 0.1) is 39.3 Å². The molecule has 32 heavy (non-hydrogen) atoms. The minimum Gasteiger partial charge on any atom is -0.493 e. The maximum Gasteiger partial charge on any atom is 0.253 e. The van der Waals surface area contributed by atoms with Gasteiger partial charge in [-0.05, 0) is 41.5 Å². The number of hydrogen-bond donors (Lipinski definition) is 0. The first-order valence-corrected chi connectivity index (χ1v) is 10.1. The van der Waals surface area contributed by atoms with E-state index in [4.69, 9.17) is 19.2 Å². The number of carbonyl (C=O) groups is 1. The second-order valence-corrected chi connectivity index (χ2v) is 7.54. The summed E-state index contributed by atoms with van der Waals surface area (Å²) in [7, 11) is 8.25. The highest BCUT2D eigenvalue weighted by molar-refractivity contribution is 6.18. The molecule has 164 valence electrons. The summed E-state index contributed by atoms with van der Waals surface area (Å²) in [5.74, 6) is 1.63. The van der Waals surface area contributed by atoms with Crippen LogP contribution < -0.4 is 14.2 Å². The van der Waals surface area contributed by atoms with Crippen molar-refractivity contribution < 1.29 is 19.0 Å². The van der Waals surface area contributed by atoms with Gasteiger partial charge in [-0.15, -0.1) is 0 Å². The average molecular weight is 431 g/mol. The number of benzene rings is 2. The van der Waals surface area contributed by atoms with Gasteiger partial charge in [-0.1, -0.05) is 12.1 Å². The fraction of sp³-hybridized carbons (Fsp3) is 0.240. The summed E-state index contributed by atoms with van der Waals surface area (Å²) in [5, 5.41) is 0. The second-order valence-electron chi connectivity index (χ2n) is 7.54. The molecule has 1 aliphatic rings. The van der Waals surface area contributed by atoms with Crippen LogP contribution in [0.4, 0.5) is 0 Å². The second kappa shape index (κ2) is 8.70. The van der Waals surface area contributed by atoms with Crippen molar-refractivity contribution in [3.05, 3.63) is 71.0 Å². The lowest BCUT2D eigenvalue weighted by Crippen LogP contribution is -2.21. The van der Waals surface area contributed by atoms with Crippen molar-refractivity contribution in [3.8, 4) is 28.4 Å². The van der Waals surface area contributed by atoms with Crippen LogP contribution in [0.5, 0.6) is 17.2 Å². The summed E-state index contributed by atoms with van der Waals surface area (Å²) < 4.78 is 16.5. The molecule has 0 radical (unpaired) electrons. The Hall–Kier alpha value is -3.87. The van der Waals surface area contributed by atoms with Gasteiger partial charge < -0.3 is 19.1 Å². The Kier molecular flexibility index (Phi) is 5.81. The van der Waals surface area contributed by atoms with Crippen LogP contribution in [0.3, 0.4) is 0 Å². The molecule has 0 N–H and O–H groups in total. The molecule has 7 heteroatoms. The van der Waals surface area contributed by atoms with Gasteiger partial charge in [-0.25, -0.2) is 0 Å². The molecule has 0 saturated heterocycles. The first kappa shape index (κ1) is 21.4. The number of aromatic nitrogens is 1. The van der Waals surface area contributed by atoms with E-state index in [1.165, 1.54) is 0 Å². The topological polar surface area (TPSA) is 73.3 Å². The number of methoxy groups -OCH3 is 3. The molecule has 0 aliphatic carbocycles. The Morgan fingerprint density at radius 3 is 2.12 bits per heavy atom. The van der Waals surface area contributed by atoms with E-state index in [0.29, 0.717) is 29.4 Å². The zero-order valence-electron chi connectivity index (χ0n) is 18.8. The highest BCUT2D eigenvalue weighted by Gasteiger charge is 2.25. The molecule has 0 spiro atoms. The number of nitrogens with zero attached hydrogens (tertiary/aromatic N) is 3. The van der Waals surface area contributed by atoms with Crippen LogP contribution >= 0.6 is 0 Å². The molecule has 1 aliphatic heterocycles. The number of hydrogen-bond acceptors (Lipinski definition) is 6. The van der Waals surface area contributed by atoms with E-state index >= 15 is 0 Å². The van der Waals surface area contributed by atoms with Crippen LogP contribution in [0, 0.1) is 0 Å². The molecule has 0 unspecified atom stereocenters. The maximum atomic E-state index is 12.3. The Morgan fingerprint density at radius 1 is 0.906 bits per heavy atom. The Morgan fingerprint density at radius 2 is 1.56 bits per heavy atom. The number of pyridine rings is 1. The number of fused-ring (bicyclic) bond motifs is 1. The summed E-state index contributed by atoms with van der Waals surface area (Å²) >= 11 is 0. The van der Waals surface area contributed by atoms with Gasteiger partial charge in [0.25, 0.3) is 5.91 Å². The molecule has 0 bridgehead atoms. The van der Waals surface area contributed by atoms with Gasteiger partial charge in [0, 0.05) is 37.0 Å². The molecular weight excluding hydrogens is 406 g/mol. The summed E-state index contributed by atoms with van der Waals surface area (Å²) in [6.07, 6.45) is 1.79. The first-order chi connectivity index (χ1) is 15.5. The number of ether oxygens (including phenoxy) is 3. The molecule has 2 aromatic carbocycles. The van der Waals surface area contributed by atoms with E-state index in [9.17, 15) is 4.79 Å². The number of amides is 1. The highest BCUT2D eigenvalue weighted by Crippen LogP contribution is 2.40. The van der Waals surface area contributed by atoms with E-state index in [2.05, 4.69) is 4.98 Å². The molecule has 7 nitrogen and oxygen atoms in total. The third-order valence-electron chi connectivity index (χ3n) is 5.44. The van der Waals surface area contributed by atoms with Crippen LogP contribution in [-0.4, -0.2) is 56.9 Å². The van der Waals surface area contributed by atoms with E-state index in [-0.39, 0.29) is 5.91 Å². The van der Waals surface area contributed by atoms with E-state index in [1.807, 2.05) is 42.5 Å². The van der Waals surface area contributed by atoms with E-state index < -0.39 is 0 Å². The van der Waals surface area contributed by atoms with Gasteiger partial charge >= 0.3 is 0 Å². The number of carbonyl (C=O) groups excluding carboxylic acids is 1. The lowest BCUT2D eigenvalue weighted by atomic mass is 9.93. The van der Waals surface area contributed by atoms with Gasteiger partial charge in [0.1, 0.15) is 0 Å². The third kappa shape index (κ3) is 3.66. The SMILES string of the molecule is COc1cc(C2=NCc3nccc(-c4ccc(C(=O)N(C)C)cc4)c32)cc(OC)c1OC. The van der Waals surface area contributed by atoms with Gasteiger partial charge in [-0.3, -0.25) is 14.8 Å². The molecule has 1 amide bonds. The van der Waals surface area contributed by atoms with Gasteiger partial charge in [0.15, 0.2) is 11.5 Å². The fourth-order valence-electron chi connectivity index (χ4n) is 3.87. The fourth-order valence-corrected chi connectivity index (χ4v) is 3.87. The zero-order valence-corrected chi connectivity index (χ0v) is 18.8. The molecule has 2 heterocycles. The van der Waals surface area contributed by atoms with Crippen molar-refractivity contribution in [1.82, 2.24) is 9.88 Å². The monoisotopic (exact) mass is 431 g/mol. The Balaban J connectivity index is 1.80. The molecular formula is C25H25N3O4. The molecule has 0 saturated carbocycles. The van der Waals surface area contributed by atoms with E-state index in [1.54, 1.807) is 46.5 Å². The lowest BCUT2D eigenvalue weighted by Gasteiger charge is -2.16. The van der Waals surface area contributed by atoms with Crippen molar-refractivity contribution >= 4 is 11.6 Å². The van der Waals surface area contributed by atoms with Crippen LogP contribution in [0.2, 0.25) is 0 Å². The van der Waals surface area contributed by atoms with Crippen molar-refractivity contribution in [2.24, 2.45) is 4.99 Å². The Bertz CT molecular complexity index is 1180. The third-order valence-corrected chi connectivity index (χ3v) is 5.44. The lowest BCUT2D eigenvalue weighted by molar-refractivity contribution is 0.0827. The van der Waals surface area contributed by atoms with Gasteiger partial charge in [-0.2, -0.15) is 0 Å². The molecule has 0 fully saturated rings. The smallest absolute Gasteiger partial charge is 0.253 e. The number of rotatable bonds is 6. The normalized spacial score (nSPS) is 12.1. The highest BCUT2D eigenvalue weighted by atomic mass is 16.5. The van der Waals surface area contributed by atoms with Crippen LogP contribution in [0.1, 0.15) is 27.2 Å². The average Bonchev–Trinajstić information content (AvgIpc) is 3.27. The molecule has 0 atom stereocenters. The van der Waals surface area contributed by atoms with E-state index in [0.717, 1.165) is 33.7 Å². The van der Waals surface area contributed by atoms with Crippen LogP contribution in [-0.2, 0) is 6.54 Å². The summed E-state index contributed by atoms with van der Waals surface area (Å²) in [6.45, 7) is 0.492. The quantitative estimate of drug-likeness (QED) is 0.593. The predicted octanol–water partition coefficient (Wildman–Crippen LogP) is 3.83. The van der Waals surface area contributed by atoms with Crippen LogP contribution in [0.15, 0.2) is 53.7 Å². The molecule has 4 rings (SSSR count). The zero-order chi connectivity index (χ0) is 22.8. The summed E-state index contributed by atoms with van der Waals surface area (Å²) in [6, 6.07) is 13.4. The summed E-state index contributed by atoms with van der Waals surface area (Å²) in [4.78, 5) is 23.1. The van der Waals surface area contributed by atoms with Gasteiger partial charge in [0.2, 0.25) is 5.75 Å². The van der Waals surface area contributed by atoms with Crippen molar-refractivity contribution in [3.63, 3.8) is 0 Å². The van der Waals surface area contributed by atoms with Crippen molar-refractivity contribution in [1.29, 1.82) is 0 Å². The number of aliphatic imine (C=N–C) groups is 1. The van der Waals surface area contributed by atoms with Crippen molar-refractivity contribution in [2.45, 2.75) is 6.54 Å². The Labute approximate surface area is 187 Å². The predicted molar refractivity (Wildman–Crippen MR) is 123 cm³/mol. The minimum absolute atomic E-state index is 0.0313. The standard InChI is InChI=1S/C25H25N3O4/c1-28(2)25(29)16-8-6-15(7-9-16)18-10-11-26-19-14-27-23(22(18)19)17-12-20(30-3)24(32-5)21(13-17)31-4/h6-13H,14H2,1-5H3. The van der Waals surface area contributed by atoms with Crippen molar-refractivity contribution in [2.75, 3.05) is 35.4 Å². The van der Waals surface area contributed by atoms with Crippen LogP contribution in [0.25, 0.3) is 11.1 Å². The maximum absolute atomic E-state index is 12.3. The minimum atomic E-state index is -0.0313. The molecule has 3 aromatic rings. The largest absolute Gasteiger partial charge is 0.493 e. The molecule has 1 aromatic heterocycles. The first-order valence-electron chi connectivity index (χ1n) is 10.1.